The molecule has 1 atom stereocenters. The van der Waals surface area contributed by atoms with E-state index in [0.29, 0.717) is 6.04 Å². The van der Waals surface area contributed by atoms with E-state index < -0.39 is 0 Å². The molecule has 1 aliphatic rings. The van der Waals surface area contributed by atoms with Gasteiger partial charge in [0.15, 0.2) is 0 Å². The molecule has 0 bridgehead atoms. The van der Waals surface area contributed by atoms with E-state index >= 15 is 0 Å². The largest absolute Gasteiger partial charge is 0.314 e. The zero-order valence-corrected chi connectivity index (χ0v) is 11.0. The highest BCUT2D eigenvalue weighted by Gasteiger charge is 2.16. The fourth-order valence-corrected chi connectivity index (χ4v) is 2.34. The Morgan fingerprint density at radius 3 is 2.53 bits per heavy atom. The van der Waals surface area contributed by atoms with Gasteiger partial charge in [-0.05, 0) is 24.7 Å². The molecule has 3 nitrogen and oxygen atoms in total. The van der Waals surface area contributed by atoms with Crippen LogP contribution in [0.5, 0.6) is 0 Å². The van der Waals surface area contributed by atoms with Crippen LogP contribution in [0.25, 0.3) is 0 Å². The molecule has 17 heavy (non-hydrogen) atoms. The maximum atomic E-state index is 5.91. The lowest BCUT2D eigenvalue weighted by molar-refractivity contribution is 0.219. The van der Waals surface area contributed by atoms with Crippen molar-refractivity contribution < 1.29 is 0 Å². The minimum Gasteiger partial charge on any atom is -0.314 e. The van der Waals surface area contributed by atoms with Gasteiger partial charge < -0.3 is 10.6 Å². The van der Waals surface area contributed by atoms with Gasteiger partial charge in [0.2, 0.25) is 0 Å². The van der Waals surface area contributed by atoms with Crippen LogP contribution < -0.4 is 10.6 Å². The fourth-order valence-electron chi connectivity index (χ4n) is 2.21. The van der Waals surface area contributed by atoms with E-state index in [0.717, 1.165) is 37.7 Å². The van der Waals surface area contributed by atoms with Gasteiger partial charge in [0, 0.05) is 43.8 Å². The van der Waals surface area contributed by atoms with Gasteiger partial charge >= 0.3 is 0 Å². The molecule has 94 valence electrons. The van der Waals surface area contributed by atoms with Gasteiger partial charge in [-0.2, -0.15) is 0 Å². The van der Waals surface area contributed by atoms with Crippen LogP contribution in [0.4, 0.5) is 0 Å². The zero-order chi connectivity index (χ0) is 12.1. The van der Waals surface area contributed by atoms with Gasteiger partial charge in [-0.15, -0.1) is 0 Å². The van der Waals surface area contributed by atoms with E-state index in [9.17, 15) is 0 Å². The van der Waals surface area contributed by atoms with Gasteiger partial charge in [-0.25, -0.2) is 0 Å². The first kappa shape index (κ1) is 12.8. The Kier molecular flexibility index (Phi) is 4.80. The molecule has 1 unspecified atom stereocenters. The second-order valence-corrected chi connectivity index (χ2v) is 4.88. The van der Waals surface area contributed by atoms with Crippen LogP contribution in [0.15, 0.2) is 24.3 Å². The highest BCUT2D eigenvalue weighted by atomic mass is 35.5. The minimum absolute atomic E-state index is 0.380. The number of nitrogens with zero attached hydrogens (tertiary/aromatic N) is 1. The summed E-state index contributed by atoms with van der Waals surface area (Å²) < 4.78 is 0. The maximum Gasteiger partial charge on any atom is 0.0446 e. The minimum atomic E-state index is 0.380. The van der Waals surface area contributed by atoms with Crippen molar-refractivity contribution in [3.8, 4) is 0 Å². The first-order valence-corrected chi connectivity index (χ1v) is 6.53. The number of halogens is 1. The van der Waals surface area contributed by atoms with E-state index in [1.807, 2.05) is 19.2 Å². The molecule has 1 heterocycles. The molecule has 1 aliphatic heterocycles. The van der Waals surface area contributed by atoms with Crippen LogP contribution >= 0.6 is 11.6 Å². The molecule has 1 fully saturated rings. The molecule has 0 radical (unpaired) electrons. The van der Waals surface area contributed by atoms with Crippen molar-refractivity contribution in [3.05, 3.63) is 34.9 Å². The van der Waals surface area contributed by atoms with Gasteiger partial charge in [0.25, 0.3) is 0 Å². The predicted molar refractivity (Wildman–Crippen MR) is 72.6 cm³/mol. The Labute approximate surface area is 108 Å². The molecule has 0 aliphatic carbocycles. The van der Waals surface area contributed by atoms with Gasteiger partial charge in [0.05, 0.1) is 0 Å². The standard InChI is InChI=1S/C13H20ClN3/c1-15-13(10-17-8-6-16-7-9-17)11-2-4-12(14)5-3-11/h2-5,13,15-16H,6-10H2,1H3. The van der Waals surface area contributed by atoms with Crippen molar-refractivity contribution in [1.29, 1.82) is 0 Å². The summed E-state index contributed by atoms with van der Waals surface area (Å²) in [7, 11) is 2.02. The van der Waals surface area contributed by atoms with E-state index in [-0.39, 0.29) is 0 Å². The Bertz CT molecular complexity index is 333. The van der Waals surface area contributed by atoms with E-state index in [1.165, 1.54) is 5.56 Å². The second kappa shape index (κ2) is 6.36. The molecular formula is C13H20ClN3. The summed E-state index contributed by atoms with van der Waals surface area (Å²) in [5.41, 5.74) is 1.30. The molecule has 1 aromatic carbocycles. The SMILES string of the molecule is CNC(CN1CCNCC1)c1ccc(Cl)cc1. The van der Waals surface area contributed by atoms with Crippen LogP contribution in [0.3, 0.4) is 0 Å². The molecule has 4 heteroatoms. The number of piperazine rings is 1. The molecule has 1 aromatic rings. The Balaban J connectivity index is 1.97. The summed E-state index contributed by atoms with van der Waals surface area (Å²) in [5, 5.41) is 7.55. The van der Waals surface area contributed by atoms with Gasteiger partial charge in [0.1, 0.15) is 0 Å². The summed E-state index contributed by atoms with van der Waals surface area (Å²) in [6, 6.07) is 8.50. The number of nitrogens with one attached hydrogen (secondary N) is 2. The van der Waals surface area contributed by atoms with E-state index in [2.05, 4.69) is 27.7 Å². The molecule has 0 spiro atoms. The smallest absolute Gasteiger partial charge is 0.0446 e. The van der Waals surface area contributed by atoms with E-state index in [1.54, 1.807) is 0 Å². The molecular weight excluding hydrogens is 234 g/mol. The van der Waals surface area contributed by atoms with Crippen LogP contribution in [-0.2, 0) is 0 Å². The molecule has 2 N–H and O–H groups in total. The van der Waals surface area contributed by atoms with Crippen LogP contribution in [-0.4, -0.2) is 44.7 Å². The average molecular weight is 254 g/mol. The van der Waals surface area contributed by atoms with Crippen molar-refractivity contribution in [2.24, 2.45) is 0 Å². The van der Waals surface area contributed by atoms with Crippen LogP contribution in [0.1, 0.15) is 11.6 Å². The summed E-state index contributed by atoms with van der Waals surface area (Å²) in [4.78, 5) is 2.49. The Hall–Kier alpha value is -0.610. The fraction of sp³-hybridized carbons (Fsp3) is 0.538. The average Bonchev–Trinajstić information content (AvgIpc) is 2.38. The second-order valence-electron chi connectivity index (χ2n) is 4.44. The quantitative estimate of drug-likeness (QED) is 0.852. The first-order chi connectivity index (χ1) is 8.29. The third-order valence-corrected chi connectivity index (χ3v) is 3.52. The highest BCUT2D eigenvalue weighted by Crippen LogP contribution is 2.17. The van der Waals surface area contributed by atoms with Crippen LogP contribution in [0.2, 0.25) is 5.02 Å². The van der Waals surface area contributed by atoms with Crippen LogP contribution in [0, 0.1) is 0 Å². The third-order valence-electron chi connectivity index (χ3n) is 3.27. The molecule has 0 saturated carbocycles. The summed E-state index contributed by atoms with van der Waals surface area (Å²) in [5.74, 6) is 0. The first-order valence-electron chi connectivity index (χ1n) is 6.15. The number of benzene rings is 1. The van der Waals surface area contributed by atoms with Crippen molar-refractivity contribution in [1.82, 2.24) is 15.5 Å². The number of hydrogen-bond acceptors (Lipinski definition) is 3. The number of rotatable bonds is 4. The lowest BCUT2D eigenvalue weighted by atomic mass is 10.1. The maximum absolute atomic E-state index is 5.91. The normalized spacial score (nSPS) is 19.2. The zero-order valence-electron chi connectivity index (χ0n) is 10.2. The van der Waals surface area contributed by atoms with Crippen molar-refractivity contribution >= 4 is 11.6 Å². The molecule has 1 saturated heterocycles. The number of hydrogen-bond donors (Lipinski definition) is 2. The predicted octanol–water partition coefficient (Wildman–Crippen LogP) is 1.51. The lowest BCUT2D eigenvalue weighted by Gasteiger charge is -2.31. The summed E-state index contributed by atoms with van der Waals surface area (Å²) >= 11 is 5.91. The summed E-state index contributed by atoms with van der Waals surface area (Å²) in [6.07, 6.45) is 0. The topological polar surface area (TPSA) is 27.3 Å². The number of likely N-dealkylation sites (N-methyl/N-ethyl adjacent to an activating group) is 1. The van der Waals surface area contributed by atoms with Gasteiger partial charge in [-0.3, -0.25) is 4.90 Å². The van der Waals surface area contributed by atoms with E-state index in [4.69, 9.17) is 11.6 Å². The molecule has 2 rings (SSSR count). The monoisotopic (exact) mass is 253 g/mol. The molecule has 0 amide bonds. The molecule has 0 aromatic heterocycles. The summed E-state index contributed by atoms with van der Waals surface area (Å²) in [6.45, 7) is 5.51. The van der Waals surface area contributed by atoms with Crippen molar-refractivity contribution in [2.45, 2.75) is 6.04 Å². The lowest BCUT2D eigenvalue weighted by Crippen LogP contribution is -2.46. The van der Waals surface area contributed by atoms with Crippen molar-refractivity contribution in [3.63, 3.8) is 0 Å². The van der Waals surface area contributed by atoms with Crippen molar-refractivity contribution in [2.75, 3.05) is 39.8 Å². The Morgan fingerprint density at radius 2 is 1.94 bits per heavy atom. The third kappa shape index (κ3) is 3.68. The highest BCUT2D eigenvalue weighted by molar-refractivity contribution is 6.30. The van der Waals surface area contributed by atoms with Gasteiger partial charge in [-0.1, -0.05) is 23.7 Å². The Morgan fingerprint density at radius 1 is 1.29 bits per heavy atom.